The first kappa shape index (κ1) is 10.9. The van der Waals surface area contributed by atoms with Gasteiger partial charge in [0.2, 0.25) is 5.88 Å². The van der Waals surface area contributed by atoms with Crippen LogP contribution in [0.2, 0.25) is 0 Å². The van der Waals surface area contributed by atoms with Crippen molar-refractivity contribution in [1.29, 1.82) is 0 Å². The summed E-state index contributed by atoms with van der Waals surface area (Å²) in [6.45, 7) is 3.71. The molecule has 0 amide bonds. The van der Waals surface area contributed by atoms with Crippen LogP contribution in [-0.4, -0.2) is 16.0 Å². The number of nitro groups is 1. The minimum absolute atomic E-state index is 0.0137. The predicted molar refractivity (Wildman–Crippen MR) is 54.4 cm³/mol. The van der Waals surface area contributed by atoms with Crippen molar-refractivity contribution >= 4 is 21.6 Å². The minimum Gasteiger partial charge on any atom is -0.474 e. The number of rotatable bonds is 3. The lowest BCUT2D eigenvalue weighted by Gasteiger charge is -2.09. The average Bonchev–Trinajstić information content (AvgIpc) is 2.07. The average molecular weight is 261 g/mol. The van der Waals surface area contributed by atoms with Crippen LogP contribution in [0.4, 0.5) is 5.69 Å². The molecule has 0 fully saturated rings. The predicted octanol–water partition coefficient (Wildman–Crippen LogP) is 2.54. The van der Waals surface area contributed by atoms with E-state index in [1.807, 2.05) is 13.8 Å². The number of halogens is 1. The lowest BCUT2D eigenvalue weighted by atomic mass is 10.4. The number of hydrogen-bond acceptors (Lipinski definition) is 4. The van der Waals surface area contributed by atoms with E-state index in [1.165, 1.54) is 12.3 Å². The number of nitrogens with zero attached hydrogens (tertiary/aromatic N) is 2. The van der Waals surface area contributed by atoms with E-state index in [0.29, 0.717) is 10.4 Å². The largest absolute Gasteiger partial charge is 0.474 e. The number of hydrogen-bond donors (Lipinski definition) is 0. The van der Waals surface area contributed by atoms with Gasteiger partial charge in [-0.15, -0.1) is 0 Å². The first-order valence-electron chi connectivity index (χ1n) is 3.97. The van der Waals surface area contributed by atoms with E-state index in [4.69, 9.17) is 4.74 Å². The van der Waals surface area contributed by atoms with Crippen LogP contribution in [0.3, 0.4) is 0 Å². The minimum atomic E-state index is -0.503. The molecule has 1 aromatic rings. The summed E-state index contributed by atoms with van der Waals surface area (Å²) in [5.74, 6) is 0.366. The van der Waals surface area contributed by atoms with Crippen molar-refractivity contribution in [3.8, 4) is 5.88 Å². The van der Waals surface area contributed by atoms with Crippen LogP contribution in [0.15, 0.2) is 16.7 Å². The fourth-order valence-corrected chi connectivity index (χ4v) is 1.26. The van der Waals surface area contributed by atoms with Crippen molar-refractivity contribution in [3.63, 3.8) is 0 Å². The molecule has 0 saturated heterocycles. The molecular weight excluding hydrogens is 252 g/mol. The summed E-state index contributed by atoms with van der Waals surface area (Å²) in [5, 5.41) is 10.4. The van der Waals surface area contributed by atoms with Gasteiger partial charge in [0.1, 0.15) is 6.20 Å². The zero-order chi connectivity index (χ0) is 10.7. The lowest BCUT2D eigenvalue weighted by Crippen LogP contribution is -2.07. The molecule has 0 aliphatic heterocycles. The Morgan fingerprint density at radius 3 is 2.71 bits per heavy atom. The maximum Gasteiger partial charge on any atom is 0.288 e. The molecule has 5 nitrogen and oxygen atoms in total. The number of ether oxygens (including phenoxy) is 1. The molecule has 0 aliphatic rings. The van der Waals surface area contributed by atoms with Crippen molar-refractivity contribution in [2.45, 2.75) is 20.0 Å². The second kappa shape index (κ2) is 4.36. The molecule has 0 saturated carbocycles. The highest BCUT2D eigenvalue weighted by molar-refractivity contribution is 9.10. The third kappa shape index (κ3) is 2.66. The molecule has 0 radical (unpaired) electrons. The third-order valence-corrected chi connectivity index (χ3v) is 1.92. The van der Waals surface area contributed by atoms with Crippen molar-refractivity contribution in [2.24, 2.45) is 0 Å². The molecule has 14 heavy (non-hydrogen) atoms. The molecule has 0 spiro atoms. The SMILES string of the molecule is CC(C)Oc1ncc([N+](=O)[O-])cc1Br. The standard InChI is InChI=1S/C8H9BrN2O3/c1-5(2)14-8-7(9)3-6(4-10-8)11(12)13/h3-5H,1-2H3. The Kier molecular flexibility index (Phi) is 3.40. The summed E-state index contributed by atoms with van der Waals surface area (Å²) in [4.78, 5) is 13.7. The zero-order valence-corrected chi connectivity index (χ0v) is 9.32. The molecule has 1 aromatic heterocycles. The Hall–Kier alpha value is -1.17. The van der Waals surface area contributed by atoms with Crippen LogP contribution in [-0.2, 0) is 0 Å². The van der Waals surface area contributed by atoms with Gasteiger partial charge in [-0.25, -0.2) is 4.98 Å². The van der Waals surface area contributed by atoms with Crippen LogP contribution in [0.1, 0.15) is 13.8 Å². The van der Waals surface area contributed by atoms with E-state index in [-0.39, 0.29) is 11.8 Å². The van der Waals surface area contributed by atoms with Crippen LogP contribution < -0.4 is 4.74 Å². The van der Waals surface area contributed by atoms with Gasteiger partial charge in [-0.05, 0) is 29.8 Å². The molecule has 0 bridgehead atoms. The lowest BCUT2D eigenvalue weighted by molar-refractivity contribution is -0.385. The Labute approximate surface area is 89.4 Å². The first-order valence-corrected chi connectivity index (χ1v) is 4.76. The van der Waals surface area contributed by atoms with Crippen molar-refractivity contribution in [1.82, 2.24) is 4.98 Å². The van der Waals surface area contributed by atoms with Gasteiger partial charge in [-0.3, -0.25) is 10.1 Å². The van der Waals surface area contributed by atoms with Gasteiger partial charge in [0.05, 0.1) is 15.5 Å². The summed E-state index contributed by atoms with van der Waals surface area (Å²) in [6, 6.07) is 1.37. The van der Waals surface area contributed by atoms with Crippen molar-refractivity contribution < 1.29 is 9.66 Å². The molecule has 1 heterocycles. The summed E-state index contributed by atoms with van der Waals surface area (Å²) in [6.07, 6.45) is 1.16. The normalized spacial score (nSPS) is 10.3. The van der Waals surface area contributed by atoms with Gasteiger partial charge >= 0.3 is 0 Å². The maximum atomic E-state index is 10.4. The van der Waals surface area contributed by atoms with Crippen molar-refractivity contribution in [2.75, 3.05) is 0 Å². The number of aromatic nitrogens is 1. The molecule has 6 heteroatoms. The van der Waals surface area contributed by atoms with E-state index < -0.39 is 4.92 Å². The second-order valence-corrected chi connectivity index (χ2v) is 3.76. The zero-order valence-electron chi connectivity index (χ0n) is 7.73. The molecule has 0 aromatic carbocycles. The Bertz CT molecular complexity index is 354. The summed E-state index contributed by atoms with van der Waals surface area (Å²) in [7, 11) is 0. The van der Waals surface area contributed by atoms with Gasteiger partial charge < -0.3 is 4.74 Å². The van der Waals surface area contributed by atoms with Gasteiger partial charge in [-0.2, -0.15) is 0 Å². The number of pyridine rings is 1. The van der Waals surface area contributed by atoms with E-state index in [0.717, 1.165) is 0 Å². The topological polar surface area (TPSA) is 65.3 Å². The van der Waals surface area contributed by atoms with Gasteiger partial charge in [0, 0.05) is 6.07 Å². The van der Waals surface area contributed by atoms with Crippen LogP contribution in [0, 0.1) is 10.1 Å². The molecule has 0 atom stereocenters. The van der Waals surface area contributed by atoms with Gasteiger partial charge in [0.25, 0.3) is 5.69 Å². The fraction of sp³-hybridized carbons (Fsp3) is 0.375. The highest BCUT2D eigenvalue weighted by Gasteiger charge is 2.11. The Morgan fingerprint density at radius 2 is 2.29 bits per heavy atom. The van der Waals surface area contributed by atoms with Crippen LogP contribution in [0.25, 0.3) is 0 Å². The van der Waals surface area contributed by atoms with Gasteiger partial charge in [-0.1, -0.05) is 0 Å². The second-order valence-electron chi connectivity index (χ2n) is 2.90. The fourth-order valence-electron chi connectivity index (χ4n) is 0.825. The highest BCUT2D eigenvalue weighted by Crippen LogP contribution is 2.26. The van der Waals surface area contributed by atoms with E-state index in [1.54, 1.807) is 0 Å². The smallest absolute Gasteiger partial charge is 0.288 e. The summed E-state index contributed by atoms with van der Waals surface area (Å²) < 4.78 is 5.79. The maximum absolute atomic E-state index is 10.4. The molecule has 0 aliphatic carbocycles. The monoisotopic (exact) mass is 260 g/mol. The molecular formula is C8H9BrN2O3. The van der Waals surface area contributed by atoms with E-state index in [2.05, 4.69) is 20.9 Å². The van der Waals surface area contributed by atoms with Crippen LogP contribution >= 0.6 is 15.9 Å². The van der Waals surface area contributed by atoms with E-state index in [9.17, 15) is 10.1 Å². The highest BCUT2D eigenvalue weighted by atomic mass is 79.9. The Balaban J connectivity index is 2.95. The van der Waals surface area contributed by atoms with Crippen LogP contribution in [0.5, 0.6) is 5.88 Å². The van der Waals surface area contributed by atoms with Crippen molar-refractivity contribution in [3.05, 3.63) is 26.9 Å². The summed E-state index contributed by atoms with van der Waals surface area (Å²) >= 11 is 3.15. The third-order valence-electron chi connectivity index (χ3n) is 1.35. The molecule has 1 rings (SSSR count). The molecule has 76 valence electrons. The van der Waals surface area contributed by atoms with Gasteiger partial charge in [0.15, 0.2) is 0 Å². The quantitative estimate of drug-likeness (QED) is 0.619. The Morgan fingerprint density at radius 1 is 1.64 bits per heavy atom. The molecule has 0 unspecified atom stereocenters. The first-order chi connectivity index (χ1) is 6.50. The summed E-state index contributed by atoms with van der Waals surface area (Å²) in [5.41, 5.74) is -0.0621. The molecule has 0 N–H and O–H groups in total. The van der Waals surface area contributed by atoms with E-state index >= 15 is 0 Å².